The Labute approximate surface area is 278 Å². The van der Waals surface area contributed by atoms with Crippen molar-refractivity contribution in [3.8, 4) is 17.2 Å². The van der Waals surface area contributed by atoms with Gasteiger partial charge >= 0.3 is 0 Å². The van der Waals surface area contributed by atoms with Gasteiger partial charge in [0.15, 0.2) is 11.5 Å². The Hall–Kier alpha value is -3.80. The van der Waals surface area contributed by atoms with E-state index in [0.29, 0.717) is 41.3 Å². The van der Waals surface area contributed by atoms with E-state index in [1.807, 2.05) is 61.7 Å². The number of ether oxygens (including phenoxy) is 4. The third kappa shape index (κ3) is 9.14. The molecule has 0 spiro atoms. The molecule has 0 unspecified atom stereocenters. The number of hydrogen-bond donors (Lipinski definition) is 1. The molecule has 12 heteroatoms. The van der Waals surface area contributed by atoms with Crippen molar-refractivity contribution >= 4 is 52.2 Å². The second-order valence-corrected chi connectivity index (χ2v) is 13.2. The number of aromatic nitrogens is 2. The van der Waals surface area contributed by atoms with Gasteiger partial charge < -0.3 is 29.2 Å². The van der Waals surface area contributed by atoms with Gasteiger partial charge in [-0.05, 0) is 88.7 Å². The number of thioether (sulfide) groups is 1. The smallest absolute Gasteiger partial charge is 0.293 e. The number of anilines is 2. The molecule has 1 aliphatic heterocycles. The topological polar surface area (TPSA) is 95.0 Å². The monoisotopic (exact) mass is 670 g/mol. The van der Waals surface area contributed by atoms with Gasteiger partial charge in [-0.2, -0.15) is 0 Å². The van der Waals surface area contributed by atoms with Crippen LogP contribution in [0.2, 0.25) is 5.02 Å². The number of rotatable bonds is 10. The lowest BCUT2D eigenvalue weighted by Crippen LogP contribution is -2.29. The molecule has 2 heterocycles. The molecule has 0 bridgehead atoms. The average molecular weight is 671 g/mol. The maximum Gasteiger partial charge on any atom is 0.293 e. The van der Waals surface area contributed by atoms with Gasteiger partial charge in [-0.25, -0.2) is 14.4 Å². The Morgan fingerprint density at radius 1 is 0.978 bits per heavy atom. The third-order valence-electron chi connectivity index (χ3n) is 7.14. The number of piperidine rings is 1. The minimum atomic E-state index is -0.482. The average Bonchev–Trinajstić information content (AvgIpc) is 3.04. The van der Waals surface area contributed by atoms with Crippen molar-refractivity contribution in [3.05, 3.63) is 71.3 Å². The molecule has 246 valence electrons. The van der Waals surface area contributed by atoms with Crippen LogP contribution in [0.1, 0.15) is 39.2 Å². The Balaban J connectivity index is 0.000000617. The van der Waals surface area contributed by atoms with Gasteiger partial charge in [0.2, 0.25) is 0 Å². The molecule has 0 aliphatic carbocycles. The first kappa shape index (κ1) is 35.1. The first-order valence-corrected chi connectivity index (χ1v) is 16.1. The number of carbonyl (C=O) groups is 1. The quantitative estimate of drug-likeness (QED) is 0.170. The summed E-state index contributed by atoms with van der Waals surface area (Å²) in [5.41, 5.74) is 2.07. The fraction of sp³-hybridized carbons (Fsp3) is 0.382. The van der Waals surface area contributed by atoms with Crippen LogP contribution in [-0.4, -0.2) is 61.7 Å². The molecule has 46 heavy (non-hydrogen) atoms. The highest BCUT2D eigenvalue weighted by Gasteiger charge is 2.22. The molecule has 1 aromatic heterocycles. The zero-order chi connectivity index (χ0) is 33.3. The van der Waals surface area contributed by atoms with Crippen LogP contribution in [0.4, 0.5) is 15.9 Å². The van der Waals surface area contributed by atoms with Gasteiger partial charge in [0.25, 0.3) is 6.47 Å². The Bertz CT molecular complexity index is 1630. The van der Waals surface area contributed by atoms with Crippen LogP contribution < -0.4 is 24.4 Å². The van der Waals surface area contributed by atoms with E-state index in [-0.39, 0.29) is 10.6 Å². The van der Waals surface area contributed by atoms with Crippen molar-refractivity contribution in [1.29, 1.82) is 0 Å². The van der Waals surface area contributed by atoms with Crippen LogP contribution >= 0.6 is 23.4 Å². The van der Waals surface area contributed by atoms with Crippen molar-refractivity contribution in [1.82, 2.24) is 15.3 Å². The number of hydrogen-bond acceptors (Lipinski definition) is 10. The van der Waals surface area contributed by atoms with Crippen molar-refractivity contribution < 1.29 is 28.1 Å². The second-order valence-electron chi connectivity index (χ2n) is 11.5. The number of nitrogens with one attached hydrogen (secondary N) is 1. The Morgan fingerprint density at radius 2 is 1.70 bits per heavy atom. The Morgan fingerprint density at radius 3 is 2.30 bits per heavy atom. The molecule has 1 fully saturated rings. The SMILES string of the molecule is CC(C)(C)OC=O.COc1ccc(CN(c2ccc(F)c(Cl)c2)c2ncnc3cc(OC)c(SC4CCNCC4)cc23)cc1OC. The van der Waals surface area contributed by atoms with E-state index in [0.717, 1.165) is 53.0 Å². The van der Waals surface area contributed by atoms with Gasteiger partial charge in [0, 0.05) is 28.9 Å². The highest BCUT2D eigenvalue weighted by molar-refractivity contribution is 8.00. The second kappa shape index (κ2) is 16.2. The number of benzene rings is 3. The molecule has 3 aromatic carbocycles. The molecule has 0 amide bonds. The van der Waals surface area contributed by atoms with Crippen molar-refractivity contribution in [3.63, 3.8) is 0 Å². The predicted molar refractivity (Wildman–Crippen MR) is 182 cm³/mol. The standard InChI is InChI=1S/C29H30ClFN4O3S.C5H10O2/c1-36-25-7-4-18(12-26(25)37-2)16-35(19-5-6-23(31)22(30)13-19)29-21-14-28(39-20-8-10-32-11-9-20)27(38-3)15-24(21)33-17-34-29;1-5(2,3)7-4-6/h4-7,12-15,17,20,32H,8-11,16H2,1-3H3;4H,1-3H3. The summed E-state index contributed by atoms with van der Waals surface area (Å²) < 4.78 is 35.4. The maximum absolute atomic E-state index is 14.2. The first-order valence-electron chi connectivity index (χ1n) is 14.8. The van der Waals surface area contributed by atoms with E-state index in [4.69, 9.17) is 30.8 Å². The van der Waals surface area contributed by atoms with E-state index in [1.54, 1.807) is 33.5 Å². The number of halogens is 2. The molecule has 0 atom stereocenters. The van der Waals surface area contributed by atoms with Crippen LogP contribution in [0.3, 0.4) is 0 Å². The van der Waals surface area contributed by atoms with Gasteiger partial charge in [-0.3, -0.25) is 4.79 Å². The van der Waals surface area contributed by atoms with Crippen LogP contribution in [0.25, 0.3) is 10.9 Å². The lowest BCUT2D eigenvalue weighted by molar-refractivity contribution is -0.138. The number of carbonyl (C=O) groups excluding carboxylic acids is 1. The summed E-state index contributed by atoms with van der Waals surface area (Å²) in [5, 5.41) is 4.80. The molecule has 9 nitrogen and oxygen atoms in total. The van der Waals surface area contributed by atoms with Gasteiger partial charge in [-0.1, -0.05) is 17.7 Å². The van der Waals surface area contributed by atoms with E-state index in [2.05, 4.69) is 21.1 Å². The minimum Gasteiger partial charge on any atom is -0.496 e. The summed E-state index contributed by atoms with van der Waals surface area (Å²) in [5.74, 6) is 2.23. The van der Waals surface area contributed by atoms with E-state index < -0.39 is 5.82 Å². The summed E-state index contributed by atoms with van der Waals surface area (Å²) in [6.07, 6.45) is 3.70. The first-order chi connectivity index (χ1) is 22.1. The molecular weight excluding hydrogens is 631 g/mol. The highest BCUT2D eigenvalue weighted by Crippen LogP contribution is 2.41. The fourth-order valence-electron chi connectivity index (χ4n) is 4.86. The van der Waals surface area contributed by atoms with Crippen molar-refractivity contribution in [2.24, 2.45) is 0 Å². The van der Waals surface area contributed by atoms with Gasteiger partial charge in [0.05, 0.1) is 36.8 Å². The van der Waals surface area contributed by atoms with Gasteiger partial charge in [-0.15, -0.1) is 11.8 Å². The molecule has 0 saturated carbocycles. The largest absolute Gasteiger partial charge is 0.496 e. The van der Waals surface area contributed by atoms with E-state index >= 15 is 0 Å². The molecule has 4 aromatic rings. The molecule has 0 radical (unpaired) electrons. The number of fused-ring (bicyclic) bond motifs is 1. The summed E-state index contributed by atoms with van der Waals surface area (Å²) in [6, 6.07) is 14.5. The van der Waals surface area contributed by atoms with Crippen LogP contribution in [0.5, 0.6) is 17.2 Å². The Kier molecular flexibility index (Phi) is 12.3. The highest BCUT2D eigenvalue weighted by atomic mass is 35.5. The molecule has 1 saturated heterocycles. The van der Waals surface area contributed by atoms with Crippen molar-refractivity contribution in [2.45, 2.75) is 55.9 Å². The summed E-state index contributed by atoms with van der Waals surface area (Å²) in [4.78, 5) is 21.9. The zero-order valence-electron chi connectivity index (χ0n) is 26.9. The van der Waals surface area contributed by atoms with E-state index in [1.165, 1.54) is 12.4 Å². The normalized spacial score (nSPS) is 13.4. The predicted octanol–water partition coefficient (Wildman–Crippen LogP) is 7.59. The summed E-state index contributed by atoms with van der Waals surface area (Å²) in [6.45, 7) is 8.35. The number of methoxy groups -OCH3 is 3. The van der Waals surface area contributed by atoms with Gasteiger partial charge in [0.1, 0.15) is 29.3 Å². The summed E-state index contributed by atoms with van der Waals surface area (Å²) in [7, 11) is 4.89. The summed E-state index contributed by atoms with van der Waals surface area (Å²) >= 11 is 8.06. The molecule has 5 rings (SSSR count). The lowest BCUT2D eigenvalue weighted by atomic mass is 10.1. The number of nitrogens with zero attached hydrogens (tertiary/aromatic N) is 3. The van der Waals surface area contributed by atoms with Crippen molar-refractivity contribution in [2.75, 3.05) is 39.3 Å². The zero-order valence-corrected chi connectivity index (χ0v) is 28.5. The third-order valence-corrected chi connectivity index (χ3v) is 8.81. The molecule has 1 N–H and O–H groups in total. The molecule has 1 aliphatic rings. The fourth-order valence-corrected chi connectivity index (χ4v) is 6.31. The maximum atomic E-state index is 14.2. The minimum absolute atomic E-state index is 0.0343. The van der Waals surface area contributed by atoms with E-state index in [9.17, 15) is 9.18 Å². The molecular formula is C34H40ClFN4O5S. The lowest BCUT2D eigenvalue weighted by Gasteiger charge is -2.27. The van der Waals surface area contributed by atoms with Crippen LogP contribution in [0.15, 0.2) is 59.8 Å². The van der Waals surface area contributed by atoms with Crippen LogP contribution in [0, 0.1) is 5.82 Å². The van der Waals surface area contributed by atoms with Crippen LogP contribution in [-0.2, 0) is 16.1 Å².